The molecule has 0 amide bonds. The van der Waals surface area contributed by atoms with Crippen LogP contribution in [-0.2, 0) is 11.3 Å². The summed E-state index contributed by atoms with van der Waals surface area (Å²) >= 11 is 0. The van der Waals surface area contributed by atoms with Gasteiger partial charge in [-0.1, -0.05) is 6.07 Å². The van der Waals surface area contributed by atoms with E-state index in [1.807, 2.05) is 30.0 Å². The molecule has 110 valence electrons. The molecule has 2 rings (SSSR count). The fourth-order valence-corrected chi connectivity index (χ4v) is 1.95. The van der Waals surface area contributed by atoms with Crippen LogP contribution in [-0.4, -0.2) is 29.6 Å². The normalized spacial score (nSPS) is 10.2. The number of ether oxygens (including phenoxy) is 1. The van der Waals surface area contributed by atoms with Crippen LogP contribution in [0.15, 0.2) is 36.5 Å². The van der Waals surface area contributed by atoms with E-state index < -0.39 is 5.97 Å². The van der Waals surface area contributed by atoms with Crippen molar-refractivity contribution in [1.82, 2.24) is 9.97 Å². The third-order valence-corrected chi connectivity index (χ3v) is 3.06. The molecular formula is C15H18N4O2. The number of carbonyl (C=O) groups excluding carboxylic acids is 1. The molecule has 6 heteroatoms. The number of hydrogen-bond donors (Lipinski definition) is 1. The van der Waals surface area contributed by atoms with Crippen molar-refractivity contribution in [3.8, 4) is 0 Å². The highest BCUT2D eigenvalue weighted by Crippen LogP contribution is 2.22. The molecule has 2 heterocycles. The third kappa shape index (κ3) is 3.47. The number of pyridine rings is 2. The van der Waals surface area contributed by atoms with Gasteiger partial charge < -0.3 is 15.4 Å². The zero-order chi connectivity index (χ0) is 15.2. The van der Waals surface area contributed by atoms with E-state index in [1.54, 1.807) is 18.3 Å². The van der Waals surface area contributed by atoms with Gasteiger partial charge in [0.05, 0.1) is 25.0 Å². The summed E-state index contributed by atoms with van der Waals surface area (Å²) in [6.07, 6.45) is 1.74. The minimum atomic E-state index is -0.481. The number of nitrogens with two attached hydrogens (primary N) is 1. The zero-order valence-electron chi connectivity index (χ0n) is 12.1. The van der Waals surface area contributed by atoms with Gasteiger partial charge in [-0.2, -0.15) is 0 Å². The number of nitrogen functional groups attached to an aromatic ring is 1. The van der Waals surface area contributed by atoms with Crippen LogP contribution < -0.4 is 10.6 Å². The van der Waals surface area contributed by atoms with Gasteiger partial charge in [0.1, 0.15) is 0 Å². The molecule has 0 aliphatic rings. The molecule has 2 N–H and O–H groups in total. The van der Waals surface area contributed by atoms with Gasteiger partial charge in [0.15, 0.2) is 11.5 Å². The largest absolute Gasteiger partial charge is 0.464 e. The third-order valence-electron chi connectivity index (χ3n) is 3.06. The first-order chi connectivity index (χ1) is 10.2. The van der Waals surface area contributed by atoms with Gasteiger partial charge in [0.25, 0.3) is 0 Å². The van der Waals surface area contributed by atoms with Crippen molar-refractivity contribution in [3.63, 3.8) is 0 Å². The predicted octanol–water partition coefficient (Wildman–Crippen LogP) is 1.87. The highest BCUT2D eigenvalue weighted by atomic mass is 16.5. The number of esters is 1. The van der Waals surface area contributed by atoms with Gasteiger partial charge in [-0.05, 0) is 31.2 Å². The van der Waals surface area contributed by atoms with Crippen LogP contribution >= 0.6 is 0 Å². The molecule has 2 aromatic rings. The smallest absolute Gasteiger partial charge is 0.356 e. The Bertz CT molecular complexity index is 616. The molecule has 0 aliphatic heterocycles. The second-order valence-electron chi connectivity index (χ2n) is 4.44. The second kappa shape index (κ2) is 6.69. The predicted molar refractivity (Wildman–Crippen MR) is 80.9 cm³/mol. The van der Waals surface area contributed by atoms with Crippen LogP contribution in [0.3, 0.4) is 0 Å². The standard InChI is InChI=1S/C15H18N4O2/c1-3-19(10-11-6-4-5-9-17-11)14-12(16)7-8-13(18-14)15(20)21-2/h4-9H,3,10,16H2,1-2H3. The van der Waals surface area contributed by atoms with Crippen LogP contribution in [0.1, 0.15) is 23.1 Å². The lowest BCUT2D eigenvalue weighted by Gasteiger charge is -2.23. The van der Waals surface area contributed by atoms with Gasteiger partial charge in [0.2, 0.25) is 0 Å². The molecule has 6 nitrogen and oxygen atoms in total. The summed E-state index contributed by atoms with van der Waals surface area (Å²) in [6.45, 7) is 3.26. The Kier molecular flexibility index (Phi) is 4.71. The monoisotopic (exact) mass is 286 g/mol. The maximum Gasteiger partial charge on any atom is 0.356 e. The molecule has 0 atom stereocenters. The average Bonchev–Trinajstić information content (AvgIpc) is 2.53. The first-order valence-electron chi connectivity index (χ1n) is 6.65. The summed E-state index contributed by atoms with van der Waals surface area (Å²) in [5, 5.41) is 0. The summed E-state index contributed by atoms with van der Waals surface area (Å²) in [6, 6.07) is 8.94. The summed E-state index contributed by atoms with van der Waals surface area (Å²) in [4.78, 5) is 22.2. The van der Waals surface area contributed by atoms with Crippen LogP contribution in [0.4, 0.5) is 11.5 Å². The fourth-order valence-electron chi connectivity index (χ4n) is 1.95. The van der Waals surface area contributed by atoms with Crippen molar-refractivity contribution < 1.29 is 9.53 Å². The van der Waals surface area contributed by atoms with E-state index in [4.69, 9.17) is 5.73 Å². The lowest BCUT2D eigenvalue weighted by molar-refractivity contribution is 0.0594. The highest BCUT2D eigenvalue weighted by Gasteiger charge is 2.15. The lowest BCUT2D eigenvalue weighted by atomic mass is 10.2. The Morgan fingerprint density at radius 2 is 2.14 bits per heavy atom. The van der Waals surface area contributed by atoms with Crippen molar-refractivity contribution in [2.24, 2.45) is 0 Å². The molecule has 0 bridgehead atoms. The number of rotatable bonds is 5. The van der Waals surface area contributed by atoms with Crippen molar-refractivity contribution in [1.29, 1.82) is 0 Å². The summed E-state index contributed by atoms with van der Waals surface area (Å²) < 4.78 is 4.69. The minimum absolute atomic E-state index is 0.237. The van der Waals surface area contributed by atoms with Crippen molar-refractivity contribution in [2.45, 2.75) is 13.5 Å². The van der Waals surface area contributed by atoms with Gasteiger partial charge in [-0.3, -0.25) is 4.98 Å². The van der Waals surface area contributed by atoms with Gasteiger partial charge >= 0.3 is 5.97 Å². The van der Waals surface area contributed by atoms with Crippen LogP contribution in [0.5, 0.6) is 0 Å². The molecule has 0 unspecified atom stereocenters. The van der Waals surface area contributed by atoms with E-state index in [2.05, 4.69) is 14.7 Å². The van der Waals surface area contributed by atoms with Gasteiger partial charge in [0, 0.05) is 12.7 Å². The number of hydrogen-bond acceptors (Lipinski definition) is 6. The van der Waals surface area contributed by atoms with E-state index in [1.165, 1.54) is 7.11 Å². The molecule has 0 radical (unpaired) electrons. The number of nitrogens with zero attached hydrogens (tertiary/aromatic N) is 3. The SMILES string of the molecule is CCN(Cc1ccccn1)c1nc(C(=O)OC)ccc1N. The molecule has 2 aromatic heterocycles. The fraction of sp³-hybridized carbons (Fsp3) is 0.267. The highest BCUT2D eigenvalue weighted by molar-refractivity contribution is 5.88. The molecule has 0 aromatic carbocycles. The van der Waals surface area contributed by atoms with Crippen molar-refractivity contribution >= 4 is 17.5 Å². The summed E-state index contributed by atoms with van der Waals surface area (Å²) in [5.74, 6) is 0.0798. The van der Waals surface area contributed by atoms with E-state index in [0.717, 1.165) is 5.69 Å². The van der Waals surface area contributed by atoms with Crippen LogP contribution in [0.2, 0.25) is 0 Å². The topological polar surface area (TPSA) is 81.3 Å². The Morgan fingerprint density at radius 3 is 2.76 bits per heavy atom. The number of aromatic nitrogens is 2. The van der Waals surface area contributed by atoms with Gasteiger partial charge in [-0.25, -0.2) is 9.78 Å². The number of methoxy groups -OCH3 is 1. The average molecular weight is 286 g/mol. The van der Waals surface area contributed by atoms with E-state index >= 15 is 0 Å². The maximum atomic E-state index is 11.6. The number of carbonyl (C=O) groups is 1. The quantitative estimate of drug-likeness (QED) is 0.845. The van der Waals surface area contributed by atoms with E-state index in [9.17, 15) is 4.79 Å². The van der Waals surface area contributed by atoms with Gasteiger partial charge in [-0.15, -0.1) is 0 Å². The number of anilines is 2. The maximum absolute atomic E-state index is 11.6. The first kappa shape index (κ1) is 14.8. The molecule has 0 saturated carbocycles. The minimum Gasteiger partial charge on any atom is -0.464 e. The molecular weight excluding hydrogens is 268 g/mol. The van der Waals surface area contributed by atoms with Crippen LogP contribution in [0.25, 0.3) is 0 Å². The Morgan fingerprint density at radius 1 is 1.33 bits per heavy atom. The zero-order valence-corrected chi connectivity index (χ0v) is 12.1. The lowest BCUT2D eigenvalue weighted by Crippen LogP contribution is -2.25. The molecule has 0 spiro atoms. The van der Waals surface area contributed by atoms with Crippen LogP contribution in [0, 0.1) is 0 Å². The molecule has 21 heavy (non-hydrogen) atoms. The summed E-state index contributed by atoms with van der Waals surface area (Å²) in [5.41, 5.74) is 7.64. The van der Waals surface area contributed by atoms with E-state index in [0.29, 0.717) is 24.6 Å². The van der Waals surface area contributed by atoms with Crippen molar-refractivity contribution in [2.75, 3.05) is 24.3 Å². The second-order valence-corrected chi connectivity index (χ2v) is 4.44. The Labute approximate surface area is 123 Å². The first-order valence-corrected chi connectivity index (χ1v) is 6.65. The van der Waals surface area contributed by atoms with Crippen molar-refractivity contribution in [3.05, 3.63) is 47.9 Å². The van der Waals surface area contributed by atoms with E-state index in [-0.39, 0.29) is 5.69 Å². The Balaban J connectivity index is 2.31. The molecule has 0 fully saturated rings. The molecule has 0 saturated heterocycles. The Hall–Kier alpha value is -2.63. The molecule has 0 aliphatic carbocycles. The summed E-state index contributed by atoms with van der Waals surface area (Å²) in [7, 11) is 1.32.